The molecule has 1 N–H and O–H groups in total. The summed E-state index contributed by atoms with van der Waals surface area (Å²) in [6.07, 6.45) is 3.72. The molecule has 1 aliphatic carbocycles. The van der Waals surface area contributed by atoms with Gasteiger partial charge in [-0.2, -0.15) is 5.26 Å². The molecule has 1 saturated carbocycles. The highest BCUT2D eigenvalue weighted by Crippen LogP contribution is 2.55. The Morgan fingerprint density at radius 2 is 2.36 bits per heavy atom. The van der Waals surface area contributed by atoms with E-state index in [1.807, 2.05) is 5.92 Å². The second kappa shape index (κ2) is 1.96. The number of nitriles is 1. The number of halogens is 1. The third kappa shape index (κ3) is 0.818. The Labute approximate surface area is 64.6 Å². The Hall–Kier alpha value is -1.06. The van der Waals surface area contributed by atoms with Crippen molar-refractivity contribution in [3.63, 3.8) is 0 Å². The van der Waals surface area contributed by atoms with Gasteiger partial charge in [-0.05, 0) is 6.92 Å². The Morgan fingerprint density at radius 1 is 1.91 bits per heavy atom. The van der Waals surface area contributed by atoms with Crippen LogP contribution < -0.4 is 0 Å². The molecular formula is C8H8FNO. The van der Waals surface area contributed by atoms with E-state index in [4.69, 9.17) is 11.7 Å². The summed E-state index contributed by atoms with van der Waals surface area (Å²) >= 11 is 0. The molecule has 0 amide bonds. The summed E-state index contributed by atoms with van der Waals surface area (Å²) in [7, 11) is 0. The minimum Gasteiger partial charge on any atom is -0.376 e. The molecule has 0 aliphatic heterocycles. The van der Waals surface area contributed by atoms with E-state index in [-0.39, 0.29) is 6.42 Å². The van der Waals surface area contributed by atoms with Crippen LogP contribution in [-0.4, -0.2) is 16.9 Å². The van der Waals surface area contributed by atoms with Crippen LogP contribution in [0.3, 0.4) is 0 Å². The van der Waals surface area contributed by atoms with Crippen molar-refractivity contribution >= 4 is 0 Å². The summed E-state index contributed by atoms with van der Waals surface area (Å²) in [5.41, 5.74) is -2.98. The zero-order valence-corrected chi connectivity index (χ0v) is 6.13. The molecular weight excluding hydrogens is 145 g/mol. The van der Waals surface area contributed by atoms with Gasteiger partial charge in [-0.15, -0.1) is 6.42 Å². The van der Waals surface area contributed by atoms with Crippen LogP contribution >= 0.6 is 0 Å². The fraction of sp³-hybridized carbons (Fsp3) is 0.625. The summed E-state index contributed by atoms with van der Waals surface area (Å²) in [4.78, 5) is 0. The van der Waals surface area contributed by atoms with Crippen molar-refractivity contribution in [2.45, 2.75) is 25.1 Å². The fourth-order valence-electron chi connectivity index (χ4n) is 1.08. The minimum absolute atomic E-state index is 0.0424. The molecule has 0 heterocycles. The van der Waals surface area contributed by atoms with E-state index in [0.29, 0.717) is 0 Å². The lowest BCUT2D eigenvalue weighted by Crippen LogP contribution is -2.35. The third-order valence-corrected chi connectivity index (χ3v) is 2.23. The standard InChI is InChI=1S/C8H8FNO/c1-3-7(2,11)8(5-10)4-6(8)9/h1,6,11H,4H2,2H3/t6-,7+,8-/m1/s1. The van der Waals surface area contributed by atoms with E-state index >= 15 is 0 Å². The molecule has 0 radical (unpaired) electrons. The third-order valence-electron chi connectivity index (χ3n) is 2.23. The van der Waals surface area contributed by atoms with Crippen molar-refractivity contribution in [2.75, 3.05) is 0 Å². The fourth-order valence-corrected chi connectivity index (χ4v) is 1.08. The van der Waals surface area contributed by atoms with Gasteiger partial charge in [-0.1, -0.05) is 5.92 Å². The predicted octanol–water partition coefficient (Wildman–Crippen LogP) is 0.622. The van der Waals surface area contributed by atoms with Crippen molar-refractivity contribution in [3.05, 3.63) is 0 Å². The number of aliphatic hydroxyl groups is 1. The first-order valence-corrected chi connectivity index (χ1v) is 3.25. The summed E-state index contributed by atoms with van der Waals surface area (Å²) in [6.45, 7) is 1.29. The molecule has 0 spiro atoms. The van der Waals surface area contributed by atoms with E-state index in [1.54, 1.807) is 6.07 Å². The number of hydrogen-bond donors (Lipinski definition) is 1. The Bertz CT molecular complexity index is 260. The highest BCUT2D eigenvalue weighted by molar-refractivity contribution is 5.32. The highest BCUT2D eigenvalue weighted by Gasteiger charge is 2.66. The molecule has 2 nitrogen and oxygen atoms in total. The van der Waals surface area contributed by atoms with Gasteiger partial charge in [0.1, 0.15) is 17.2 Å². The normalized spacial score (nSPS) is 39.9. The molecule has 0 aromatic rings. The molecule has 1 fully saturated rings. The second-order valence-corrected chi connectivity index (χ2v) is 2.97. The zero-order chi connectivity index (χ0) is 8.70. The van der Waals surface area contributed by atoms with Crippen LogP contribution in [0.5, 0.6) is 0 Å². The van der Waals surface area contributed by atoms with Crippen LogP contribution in [-0.2, 0) is 0 Å². The van der Waals surface area contributed by atoms with Crippen LogP contribution in [0.2, 0.25) is 0 Å². The van der Waals surface area contributed by atoms with Crippen molar-refractivity contribution < 1.29 is 9.50 Å². The molecule has 0 bridgehead atoms. The van der Waals surface area contributed by atoms with Gasteiger partial charge in [0, 0.05) is 6.42 Å². The molecule has 0 aromatic carbocycles. The maximum Gasteiger partial charge on any atom is 0.143 e. The Morgan fingerprint density at radius 3 is 2.45 bits per heavy atom. The SMILES string of the molecule is C#C[C@](C)(O)[C@@]1(C#N)C[C@H]1F. The number of nitrogens with zero attached hydrogens (tertiary/aromatic N) is 1. The molecule has 0 aromatic heterocycles. The average molecular weight is 153 g/mol. The van der Waals surface area contributed by atoms with Gasteiger partial charge in [0.05, 0.1) is 6.07 Å². The van der Waals surface area contributed by atoms with Gasteiger partial charge in [-0.25, -0.2) is 4.39 Å². The van der Waals surface area contributed by atoms with Crippen molar-refractivity contribution in [3.8, 4) is 18.4 Å². The molecule has 3 atom stereocenters. The quantitative estimate of drug-likeness (QED) is 0.561. The molecule has 0 unspecified atom stereocenters. The van der Waals surface area contributed by atoms with Crippen LogP contribution in [0.1, 0.15) is 13.3 Å². The van der Waals surface area contributed by atoms with Crippen LogP contribution in [0, 0.1) is 29.1 Å². The van der Waals surface area contributed by atoms with Gasteiger partial charge in [0.2, 0.25) is 0 Å². The first kappa shape index (κ1) is 8.04. The van der Waals surface area contributed by atoms with Crippen LogP contribution in [0.4, 0.5) is 4.39 Å². The highest BCUT2D eigenvalue weighted by atomic mass is 19.1. The summed E-state index contributed by atoms with van der Waals surface area (Å²) in [6, 6.07) is 1.73. The number of terminal acetylenes is 1. The average Bonchev–Trinajstić information content (AvgIpc) is 2.63. The first-order chi connectivity index (χ1) is 5.00. The van der Waals surface area contributed by atoms with Gasteiger partial charge in [0.25, 0.3) is 0 Å². The first-order valence-electron chi connectivity index (χ1n) is 3.25. The van der Waals surface area contributed by atoms with Gasteiger partial charge in [0.15, 0.2) is 0 Å². The van der Waals surface area contributed by atoms with Gasteiger partial charge >= 0.3 is 0 Å². The largest absolute Gasteiger partial charge is 0.376 e. The van der Waals surface area contributed by atoms with Crippen LogP contribution in [0.25, 0.3) is 0 Å². The Balaban J connectivity index is 2.94. The van der Waals surface area contributed by atoms with Crippen molar-refractivity contribution in [1.29, 1.82) is 5.26 Å². The van der Waals surface area contributed by atoms with Crippen molar-refractivity contribution in [2.24, 2.45) is 5.41 Å². The summed E-state index contributed by atoms with van der Waals surface area (Å²) < 4.78 is 12.6. The van der Waals surface area contributed by atoms with E-state index in [0.717, 1.165) is 0 Å². The lowest BCUT2D eigenvalue weighted by atomic mass is 9.88. The molecule has 1 aliphatic rings. The maximum absolute atomic E-state index is 12.6. The number of alkyl halides is 1. The number of hydrogen-bond acceptors (Lipinski definition) is 2. The molecule has 0 saturated heterocycles. The van der Waals surface area contributed by atoms with E-state index < -0.39 is 17.2 Å². The summed E-state index contributed by atoms with van der Waals surface area (Å²) in [5.74, 6) is 2.02. The smallest absolute Gasteiger partial charge is 0.143 e. The lowest BCUT2D eigenvalue weighted by molar-refractivity contribution is 0.0562. The monoisotopic (exact) mass is 153 g/mol. The topological polar surface area (TPSA) is 44.0 Å². The minimum atomic E-state index is -1.64. The molecule has 58 valence electrons. The Kier molecular flexibility index (Phi) is 1.44. The molecule has 1 rings (SSSR count). The maximum atomic E-state index is 12.6. The zero-order valence-electron chi connectivity index (χ0n) is 6.13. The molecule has 3 heteroatoms. The van der Waals surface area contributed by atoms with Crippen LogP contribution in [0.15, 0.2) is 0 Å². The number of rotatable bonds is 1. The van der Waals surface area contributed by atoms with Gasteiger partial charge < -0.3 is 5.11 Å². The van der Waals surface area contributed by atoms with Crippen molar-refractivity contribution in [1.82, 2.24) is 0 Å². The summed E-state index contributed by atoms with van der Waals surface area (Å²) in [5, 5.41) is 17.9. The van der Waals surface area contributed by atoms with E-state index in [9.17, 15) is 9.50 Å². The van der Waals surface area contributed by atoms with Gasteiger partial charge in [-0.3, -0.25) is 0 Å². The van der Waals surface area contributed by atoms with E-state index in [1.165, 1.54) is 6.92 Å². The lowest BCUT2D eigenvalue weighted by Gasteiger charge is -2.20. The second-order valence-electron chi connectivity index (χ2n) is 2.97. The molecule has 11 heavy (non-hydrogen) atoms. The van der Waals surface area contributed by atoms with E-state index in [2.05, 4.69) is 0 Å². The predicted molar refractivity (Wildman–Crippen MR) is 37.0 cm³/mol.